The first-order valence-electron chi connectivity index (χ1n) is 9.07. The summed E-state index contributed by atoms with van der Waals surface area (Å²) in [7, 11) is 0. The summed E-state index contributed by atoms with van der Waals surface area (Å²) in [6.45, 7) is 2.26. The average molecular weight is 306 g/mol. The van der Waals surface area contributed by atoms with Gasteiger partial charge in [-0.25, -0.2) is 8.78 Å². The van der Waals surface area contributed by atoms with Gasteiger partial charge in [0.2, 0.25) is 0 Å². The molecule has 1 spiro atoms. The lowest BCUT2D eigenvalue weighted by atomic mass is 9.47. The van der Waals surface area contributed by atoms with Crippen LogP contribution in [0.15, 0.2) is 18.2 Å². The molecular weight excluding hydrogens is 278 g/mol. The van der Waals surface area contributed by atoms with Crippen LogP contribution in [-0.2, 0) is 0 Å². The first kappa shape index (κ1) is 16.0. The van der Waals surface area contributed by atoms with Crippen molar-refractivity contribution in [3.8, 4) is 0 Å². The molecule has 0 amide bonds. The van der Waals surface area contributed by atoms with E-state index in [2.05, 4.69) is 6.92 Å². The van der Waals surface area contributed by atoms with E-state index in [9.17, 15) is 8.78 Å². The van der Waals surface area contributed by atoms with E-state index in [1.165, 1.54) is 76.3 Å². The number of halogens is 2. The lowest BCUT2D eigenvalue weighted by Crippen LogP contribution is -2.46. The van der Waals surface area contributed by atoms with Crippen LogP contribution in [0.4, 0.5) is 8.78 Å². The number of unbranched alkanes of at least 4 members (excludes halogenated alkanes) is 4. The summed E-state index contributed by atoms with van der Waals surface area (Å²) in [6.07, 6.45) is 13.4. The molecule has 22 heavy (non-hydrogen) atoms. The molecule has 2 aliphatic carbocycles. The van der Waals surface area contributed by atoms with Crippen LogP contribution in [0.1, 0.15) is 82.6 Å². The van der Waals surface area contributed by atoms with E-state index in [4.69, 9.17) is 0 Å². The zero-order chi connectivity index (χ0) is 15.6. The van der Waals surface area contributed by atoms with Gasteiger partial charge < -0.3 is 0 Å². The molecule has 0 atom stereocenters. The molecule has 0 N–H and O–H groups in total. The molecule has 122 valence electrons. The summed E-state index contributed by atoms with van der Waals surface area (Å²) < 4.78 is 26.3. The zero-order valence-electron chi connectivity index (χ0n) is 13.7. The van der Waals surface area contributed by atoms with Gasteiger partial charge in [-0.2, -0.15) is 0 Å². The fourth-order valence-electron chi connectivity index (χ4n) is 4.73. The number of rotatable bonds is 7. The molecule has 3 rings (SSSR count). The second-order valence-corrected chi connectivity index (χ2v) is 7.76. The molecule has 0 heterocycles. The largest absolute Gasteiger partial charge is 0.204 e. The van der Waals surface area contributed by atoms with Crippen molar-refractivity contribution in [3.05, 3.63) is 35.4 Å². The smallest absolute Gasteiger partial charge is 0.159 e. The SMILES string of the molecule is CCCCCCCC1CC2(C1)CC(c1ccc(F)c(F)c1)C2. The van der Waals surface area contributed by atoms with E-state index in [-0.39, 0.29) is 0 Å². The van der Waals surface area contributed by atoms with Gasteiger partial charge in [0.25, 0.3) is 0 Å². The highest BCUT2D eigenvalue weighted by Crippen LogP contribution is 2.64. The van der Waals surface area contributed by atoms with E-state index in [0.717, 1.165) is 11.5 Å². The summed E-state index contributed by atoms with van der Waals surface area (Å²) >= 11 is 0. The molecule has 1 aromatic carbocycles. The second-order valence-electron chi connectivity index (χ2n) is 7.76. The van der Waals surface area contributed by atoms with Crippen LogP contribution in [0.3, 0.4) is 0 Å². The van der Waals surface area contributed by atoms with Crippen LogP contribution < -0.4 is 0 Å². The Morgan fingerprint density at radius 3 is 2.36 bits per heavy atom. The molecule has 2 aliphatic rings. The standard InChI is InChI=1S/C20H28F2/c1-2-3-4-5-6-7-15-11-20(12-15)13-17(14-20)16-8-9-18(21)19(22)10-16/h8-10,15,17H,2-7,11-14H2,1H3. The summed E-state index contributed by atoms with van der Waals surface area (Å²) in [5, 5.41) is 0. The van der Waals surface area contributed by atoms with Gasteiger partial charge in [-0.15, -0.1) is 0 Å². The molecule has 1 aromatic rings. The van der Waals surface area contributed by atoms with Crippen LogP contribution in [0.2, 0.25) is 0 Å². The van der Waals surface area contributed by atoms with Crippen LogP contribution >= 0.6 is 0 Å². The molecule has 0 bridgehead atoms. The van der Waals surface area contributed by atoms with Gasteiger partial charge in [-0.1, -0.05) is 51.5 Å². The van der Waals surface area contributed by atoms with Gasteiger partial charge in [-0.05, 0) is 60.6 Å². The maximum absolute atomic E-state index is 13.3. The van der Waals surface area contributed by atoms with Crippen LogP contribution in [0.5, 0.6) is 0 Å². The van der Waals surface area contributed by atoms with Gasteiger partial charge in [0.15, 0.2) is 11.6 Å². The first-order valence-corrected chi connectivity index (χ1v) is 9.07. The van der Waals surface area contributed by atoms with E-state index < -0.39 is 11.6 Å². The molecule has 0 unspecified atom stereocenters. The molecule has 2 saturated carbocycles. The minimum absolute atomic E-state index is 0.459. The van der Waals surface area contributed by atoms with Crippen molar-refractivity contribution >= 4 is 0 Å². The topological polar surface area (TPSA) is 0 Å². The molecular formula is C20H28F2. The Balaban J connectivity index is 1.37. The minimum Gasteiger partial charge on any atom is -0.204 e. The van der Waals surface area contributed by atoms with Crippen molar-refractivity contribution in [2.24, 2.45) is 11.3 Å². The Hall–Kier alpha value is -0.920. The van der Waals surface area contributed by atoms with Crippen molar-refractivity contribution in [3.63, 3.8) is 0 Å². The first-order chi connectivity index (χ1) is 10.6. The monoisotopic (exact) mass is 306 g/mol. The second kappa shape index (κ2) is 6.68. The highest BCUT2D eigenvalue weighted by molar-refractivity contribution is 5.26. The van der Waals surface area contributed by atoms with Gasteiger partial charge in [-0.3, -0.25) is 0 Å². The van der Waals surface area contributed by atoms with Gasteiger partial charge in [0.05, 0.1) is 0 Å². The Kier molecular flexibility index (Phi) is 4.84. The highest BCUT2D eigenvalue weighted by Gasteiger charge is 2.52. The lowest BCUT2D eigenvalue weighted by molar-refractivity contribution is -0.0453. The molecule has 0 aromatic heterocycles. The normalized spacial score (nSPS) is 30.1. The van der Waals surface area contributed by atoms with Crippen molar-refractivity contribution in [1.82, 2.24) is 0 Å². The molecule has 0 aliphatic heterocycles. The van der Waals surface area contributed by atoms with E-state index in [1.807, 2.05) is 0 Å². The lowest BCUT2D eigenvalue weighted by Gasteiger charge is -2.58. The number of hydrogen-bond acceptors (Lipinski definition) is 0. The van der Waals surface area contributed by atoms with E-state index >= 15 is 0 Å². The third kappa shape index (κ3) is 3.36. The van der Waals surface area contributed by atoms with Crippen molar-refractivity contribution in [1.29, 1.82) is 0 Å². The summed E-state index contributed by atoms with van der Waals surface area (Å²) in [5.74, 6) is -0.0327. The third-order valence-corrected chi connectivity index (χ3v) is 5.93. The number of benzene rings is 1. The summed E-state index contributed by atoms with van der Waals surface area (Å²) in [4.78, 5) is 0. The Bertz CT molecular complexity index is 494. The average Bonchev–Trinajstić information content (AvgIpc) is 2.42. The number of hydrogen-bond donors (Lipinski definition) is 0. The van der Waals surface area contributed by atoms with Crippen molar-refractivity contribution in [2.75, 3.05) is 0 Å². The van der Waals surface area contributed by atoms with Gasteiger partial charge >= 0.3 is 0 Å². The molecule has 0 saturated heterocycles. The third-order valence-electron chi connectivity index (χ3n) is 5.93. The summed E-state index contributed by atoms with van der Waals surface area (Å²) in [5.41, 5.74) is 1.55. The quantitative estimate of drug-likeness (QED) is 0.498. The Labute approximate surface area is 133 Å². The molecule has 2 heteroatoms. The Morgan fingerprint density at radius 1 is 0.955 bits per heavy atom. The molecule has 2 fully saturated rings. The maximum Gasteiger partial charge on any atom is 0.159 e. The predicted octanol–water partition coefficient (Wildman–Crippen LogP) is 6.60. The molecule has 0 nitrogen and oxygen atoms in total. The van der Waals surface area contributed by atoms with Gasteiger partial charge in [0, 0.05) is 0 Å². The fourth-order valence-corrected chi connectivity index (χ4v) is 4.73. The maximum atomic E-state index is 13.3. The summed E-state index contributed by atoms with van der Waals surface area (Å²) in [6, 6.07) is 4.44. The Morgan fingerprint density at radius 2 is 1.68 bits per heavy atom. The van der Waals surface area contributed by atoms with Crippen LogP contribution in [0, 0.1) is 23.0 Å². The molecule has 0 radical (unpaired) electrons. The fraction of sp³-hybridized carbons (Fsp3) is 0.700. The van der Waals surface area contributed by atoms with Crippen LogP contribution in [0.25, 0.3) is 0 Å². The van der Waals surface area contributed by atoms with Crippen molar-refractivity contribution < 1.29 is 8.78 Å². The predicted molar refractivity (Wildman–Crippen MR) is 86.9 cm³/mol. The minimum atomic E-state index is -0.732. The highest BCUT2D eigenvalue weighted by atomic mass is 19.2. The van der Waals surface area contributed by atoms with Crippen LogP contribution in [-0.4, -0.2) is 0 Å². The van der Waals surface area contributed by atoms with Gasteiger partial charge in [0.1, 0.15) is 0 Å². The zero-order valence-corrected chi connectivity index (χ0v) is 13.7. The van der Waals surface area contributed by atoms with E-state index in [0.29, 0.717) is 11.3 Å². The van der Waals surface area contributed by atoms with Crippen molar-refractivity contribution in [2.45, 2.75) is 77.0 Å². The van der Waals surface area contributed by atoms with E-state index in [1.54, 1.807) is 6.07 Å².